The molecule has 1 saturated heterocycles. The number of piperidine rings is 1. The maximum Gasteiger partial charge on any atom is 0.273 e. The zero-order valence-corrected chi connectivity index (χ0v) is 21.3. The van der Waals surface area contributed by atoms with E-state index in [4.69, 9.17) is 0 Å². The Kier molecular flexibility index (Phi) is 6.68. The predicted octanol–water partition coefficient (Wildman–Crippen LogP) is 4.10. The molecule has 0 unspecified atom stereocenters. The second-order valence-corrected chi connectivity index (χ2v) is 9.87. The Labute approximate surface area is 215 Å². The number of likely N-dealkylation sites (tertiary alicyclic amines) is 1. The van der Waals surface area contributed by atoms with E-state index < -0.39 is 11.4 Å². The van der Waals surface area contributed by atoms with Crippen LogP contribution in [-0.2, 0) is 13.0 Å². The topological polar surface area (TPSA) is 70.1 Å². The summed E-state index contributed by atoms with van der Waals surface area (Å²) in [6.07, 6.45) is 3.47. The van der Waals surface area contributed by atoms with Crippen LogP contribution in [-0.4, -0.2) is 62.5 Å². The van der Waals surface area contributed by atoms with Crippen molar-refractivity contribution in [2.24, 2.45) is 0 Å². The molecule has 7 nitrogen and oxygen atoms in total. The van der Waals surface area contributed by atoms with Crippen LogP contribution in [0.2, 0.25) is 0 Å². The lowest BCUT2D eigenvalue weighted by Crippen LogP contribution is -2.45. The summed E-state index contributed by atoms with van der Waals surface area (Å²) in [6.45, 7) is 6.16. The first-order valence-electron chi connectivity index (χ1n) is 12.3. The summed E-state index contributed by atoms with van der Waals surface area (Å²) in [4.78, 5) is 17.8. The third-order valence-electron chi connectivity index (χ3n) is 7.57. The molecule has 2 aliphatic heterocycles. The summed E-state index contributed by atoms with van der Waals surface area (Å²) in [5.41, 5.74) is 5.83. The van der Waals surface area contributed by atoms with Gasteiger partial charge in [0.2, 0.25) is 0 Å². The van der Waals surface area contributed by atoms with Crippen molar-refractivity contribution in [2.45, 2.75) is 38.8 Å². The largest absolute Gasteiger partial charge is 0.306 e. The lowest BCUT2D eigenvalue weighted by atomic mass is 9.93. The fourth-order valence-corrected chi connectivity index (χ4v) is 5.53. The average Bonchev–Trinajstić information content (AvgIpc) is 3.26. The van der Waals surface area contributed by atoms with Gasteiger partial charge < -0.3 is 4.90 Å². The molecule has 6 rings (SSSR count). The molecule has 9 heteroatoms. The first kappa shape index (κ1) is 24.6. The van der Waals surface area contributed by atoms with E-state index in [1.165, 1.54) is 49.2 Å². The number of halogens is 2. The van der Waals surface area contributed by atoms with Crippen LogP contribution in [0.5, 0.6) is 0 Å². The number of para-hydroxylation sites is 1. The van der Waals surface area contributed by atoms with Gasteiger partial charge in [0.1, 0.15) is 22.7 Å². The molecular weight excluding hydrogens is 479 g/mol. The number of nitrogens with one attached hydrogen (secondary N) is 1. The van der Waals surface area contributed by atoms with Crippen molar-refractivity contribution >= 4 is 23.4 Å². The van der Waals surface area contributed by atoms with Crippen molar-refractivity contribution in [2.75, 3.05) is 26.7 Å². The normalized spacial score (nSPS) is 17.2. The summed E-state index contributed by atoms with van der Waals surface area (Å²) in [6, 6.07) is 13.3. The van der Waals surface area contributed by atoms with Crippen molar-refractivity contribution in [3.63, 3.8) is 0 Å². The van der Waals surface area contributed by atoms with Crippen molar-refractivity contribution in [3.05, 3.63) is 75.3 Å². The zero-order chi connectivity index (χ0) is 24.1. The highest BCUT2D eigenvalue weighted by Crippen LogP contribution is 2.30. The molecule has 1 fully saturated rings. The molecule has 0 bridgehead atoms. The predicted molar refractivity (Wildman–Crippen MR) is 141 cm³/mol. The van der Waals surface area contributed by atoms with Crippen LogP contribution in [0, 0.1) is 12.7 Å². The SMILES string of the molecule is Cc1cccc(F)c1-n1nc2c(-c3ccc4c(c3)CCN(C3CCN(C)CC3)C4)n[nH]c2cc1=O.Cl. The van der Waals surface area contributed by atoms with Gasteiger partial charge in [0.05, 0.1) is 5.52 Å². The van der Waals surface area contributed by atoms with E-state index in [1.54, 1.807) is 19.1 Å². The van der Waals surface area contributed by atoms with E-state index in [0.717, 1.165) is 29.8 Å². The Hall–Kier alpha value is -3.07. The molecule has 36 heavy (non-hydrogen) atoms. The lowest BCUT2D eigenvalue weighted by Gasteiger charge is -2.39. The molecule has 0 radical (unpaired) electrons. The number of hydrogen-bond donors (Lipinski definition) is 1. The van der Waals surface area contributed by atoms with Crippen molar-refractivity contribution in [1.29, 1.82) is 0 Å². The van der Waals surface area contributed by atoms with Gasteiger partial charge in [-0.25, -0.2) is 4.39 Å². The Morgan fingerprint density at radius 3 is 2.64 bits per heavy atom. The zero-order valence-electron chi connectivity index (χ0n) is 20.5. The van der Waals surface area contributed by atoms with Gasteiger partial charge in [-0.3, -0.25) is 14.8 Å². The quantitative estimate of drug-likeness (QED) is 0.451. The van der Waals surface area contributed by atoms with E-state index >= 15 is 0 Å². The summed E-state index contributed by atoms with van der Waals surface area (Å²) in [5.74, 6) is -0.480. The fraction of sp³-hybridized carbons (Fsp3) is 0.370. The number of benzene rings is 2. The highest BCUT2D eigenvalue weighted by atomic mass is 35.5. The minimum absolute atomic E-state index is 0. The number of H-pyrrole nitrogens is 1. The lowest BCUT2D eigenvalue weighted by molar-refractivity contribution is 0.109. The van der Waals surface area contributed by atoms with Gasteiger partial charge in [-0.2, -0.15) is 14.9 Å². The van der Waals surface area contributed by atoms with Gasteiger partial charge in [-0.05, 0) is 75.1 Å². The molecule has 0 saturated carbocycles. The third-order valence-corrected chi connectivity index (χ3v) is 7.57. The number of aromatic amines is 1. The van der Waals surface area contributed by atoms with Crippen LogP contribution in [0.1, 0.15) is 29.5 Å². The molecule has 0 atom stereocenters. The fourth-order valence-electron chi connectivity index (χ4n) is 5.53. The van der Waals surface area contributed by atoms with Gasteiger partial charge in [-0.15, -0.1) is 12.4 Å². The van der Waals surface area contributed by atoms with E-state index in [2.05, 4.69) is 50.3 Å². The van der Waals surface area contributed by atoms with E-state index in [0.29, 0.717) is 28.3 Å². The van der Waals surface area contributed by atoms with Crippen LogP contribution < -0.4 is 5.56 Å². The average molecular weight is 509 g/mol. The van der Waals surface area contributed by atoms with Gasteiger partial charge in [0.25, 0.3) is 5.56 Å². The summed E-state index contributed by atoms with van der Waals surface area (Å²) in [5, 5.41) is 12.0. The highest BCUT2D eigenvalue weighted by molar-refractivity contribution is 5.89. The van der Waals surface area contributed by atoms with Crippen molar-refractivity contribution < 1.29 is 4.39 Å². The molecule has 4 aromatic rings. The van der Waals surface area contributed by atoms with Crippen LogP contribution in [0.3, 0.4) is 0 Å². The Morgan fingerprint density at radius 2 is 1.86 bits per heavy atom. The monoisotopic (exact) mass is 508 g/mol. The second-order valence-electron chi connectivity index (χ2n) is 9.87. The van der Waals surface area contributed by atoms with Crippen LogP contribution in [0.4, 0.5) is 4.39 Å². The van der Waals surface area contributed by atoms with E-state index in [-0.39, 0.29) is 18.1 Å². The second kappa shape index (κ2) is 9.76. The Bertz CT molecular complexity index is 1450. The first-order chi connectivity index (χ1) is 17.0. The smallest absolute Gasteiger partial charge is 0.273 e. The van der Waals surface area contributed by atoms with Crippen LogP contribution in [0.15, 0.2) is 47.3 Å². The van der Waals surface area contributed by atoms with Gasteiger partial charge in [0, 0.05) is 30.8 Å². The van der Waals surface area contributed by atoms with Crippen LogP contribution >= 0.6 is 12.4 Å². The van der Waals surface area contributed by atoms with E-state index in [9.17, 15) is 9.18 Å². The molecule has 188 valence electrons. The standard InChI is InChI=1S/C27H29FN6O.ClH/c1-17-4-3-5-22(28)27(17)34-24(35)15-23-26(31-34)25(30-29-23)19-6-7-20-16-33(13-8-18(20)14-19)21-9-11-32(2)12-10-21;/h3-7,14-15,21,29H,8-13,16H2,1-2H3;1H. The number of aryl methyl sites for hydroxylation is 1. The van der Waals surface area contributed by atoms with Gasteiger partial charge in [0.15, 0.2) is 0 Å². The Balaban J connectivity index is 0.00000267. The number of hydrogen-bond acceptors (Lipinski definition) is 5. The first-order valence-corrected chi connectivity index (χ1v) is 12.3. The molecule has 2 aromatic carbocycles. The molecule has 0 aliphatic carbocycles. The van der Waals surface area contributed by atoms with Crippen LogP contribution in [0.25, 0.3) is 28.0 Å². The highest BCUT2D eigenvalue weighted by Gasteiger charge is 2.27. The third kappa shape index (κ3) is 4.34. The number of nitrogens with zero attached hydrogens (tertiary/aromatic N) is 5. The molecule has 2 aliphatic rings. The number of aromatic nitrogens is 4. The molecule has 0 amide bonds. The van der Waals surface area contributed by atoms with Crippen molar-refractivity contribution in [3.8, 4) is 16.9 Å². The van der Waals surface area contributed by atoms with Gasteiger partial charge in [-0.1, -0.05) is 24.3 Å². The maximum absolute atomic E-state index is 14.6. The molecular formula is C27H30ClFN6O. The molecule has 1 N–H and O–H groups in total. The van der Waals surface area contributed by atoms with Gasteiger partial charge >= 0.3 is 0 Å². The van der Waals surface area contributed by atoms with Crippen molar-refractivity contribution in [1.82, 2.24) is 29.8 Å². The minimum Gasteiger partial charge on any atom is -0.306 e. The Morgan fingerprint density at radius 1 is 1.06 bits per heavy atom. The summed E-state index contributed by atoms with van der Waals surface area (Å²) in [7, 11) is 2.20. The minimum atomic E-state index is -0.480. The number of rotatable bonds is 3. The molecule has 4 heterocycles. The summed E-state index contributed by atoms with van der Waals surface area (Å²) < 4.78 is 15.8. The maximum atomic E-state index is 14.6. The molecule has 0 spiro atoms. The summed E-state index contributed by atoms with van der Waals surface area (Å²) >= 11 is 0. The van der Waals surface area contributed by atoms with E-state index in [1.807, 2.05) is 0 Å². The molecule has 2 aromatic heterocycles. The number of fused-ring (bicyclic) bond motifs is 2.